The number of aromatic hydroxyl groups is 1. The van der Waals surface area contributed by atoms with E-state index in [4.69, 9.17) is 0 Å². The predicted octanol–water partition coefficient (Wildman–Crippen LogP) is 1.69. The number of hydrogen-bond donors (Lipinski definition) is 3. The van der Waals surface area contributed by atoms with Crippen LogP contribution in [0.2, 0.25) is 0 Å². The van der Waals surface area contributed by atoms with Crippen LogP contribution < -0.4 is 5.32 Å². The van der Waals surface area contributed by atoms with Crippen LogP contribution in [-0.2, 0) is 0 Å². The summed E-state index contributed by atoms with van der Waals surface area (Å²) in [4.78, 5) is 7.67. The van der Waals surface area contributed by atoms with Gasteiger partial charge in [-0.1, -0.05) is 6.07 Å². The number of hydrogen-bond acceptors (Lipinski definition) is 3. The number of aromatic amines is 1. The minimum Gasteiger partial charge on any atom is -0.506 e. The first-order chi connectivity index (χ1) is 7.34. The van der Waals surface area contributed by atoms with Gasteiger partial charge in [-0.05, 0) is 31.5 Å². The number of rotatable bonds is 1. The van der Waals surface area contributed by atoms with Gasteiger partial charge >= 0.3 is 0 Å². The van der Waals surface area contributed by atoms with Crippen molar-refractivity contribution >= 4 is 11.0 Å². The molecule has 1 aliphatic rings. The van der Waals surface area contributed by atoms with E-state index in [9.17, 15) is 5.11 Å². The van der Waals surface area contributed by atoms with E-state index in [2.05, 4.69) is 15.3 Å². The number of H-pyrrole nitrogens is 1. The lowest BCUT2D eigenvalue weighted by atomic mass is 10.2. The summed E-state index contributed by atoms with van der Waals surface area (Å²) in [7, 11) is 0. The van der Waals surface area contributed by atoms with Gasteiger partial charge in [-0.25, -0.2) is 4.98 Å². The Hall–Kier alpha value is -1.55. The predicted molar refractivity (Wildman–Crippen MR) is 57.7 cm³/mol. The van der Waals surface area contributed by atoms with Gasteiger partial charge in [-0.15, -0.1) is 0 Å². The Morgan fingerprint density at radius 3 is 3.07 bits per heavy atom. The zero-order valence-corrected chi connectivity index (χ0v) is 8.33. The van der Waals surface area contributed by atoms with Crippen LogP contribution in [0.4, 0.5) is 0 Å². The third-order valence-electron chi connectivity index (χ3n) is 2.90. The zero-order valence-electron chi connectivity index (χ0n) is 8.33. The van der Waals surface area contributed by atoms with Crippen molar-refractivity contribution in [3.63, 3.8) is 0 Å². The second-order valence-electron chi connectivity index (χ2n) is 3.94. The Balaban J connectivity index is 2.09. The highest BCUT2D eigenvalue weighted by atomic mass is 16.3. The van der Waals surface area contributed by atoms with Gasteiger partial charge in [0.25, 0.3) is 0 Å². The number of nitrogens with zero attached hydrogens (tertiary/aromatic N) is 1. The van der Waals surface area contributed by atoms with E-state index in [0.29, 0.717) is 11.6 Å². The lowest BCUT2D eigenvalue weighted by molar-refractivity contribution is 0.480. The molecule has 2 heterocycles. The summed E-state index contributed by atoms with van der Waals surface area (Å²) < 4.78 is 0. The smallest absolute Gasteiger partial charge is 0.143 e. The maximum absolute atomic E-state index is 9.62. The third kappa shape index (κ3) is 1.37. The average molecular weight is 203 g/mol. The number of phenols is 1. The summed E-state index contributed by atoms with van der Waals surface area (Å²) in [5.41, 5.74) is 1.57. The fourth-order valence-electron chi connectivity index (χ4n) is 2.12. The second kappa shape index (κ2) is 3.24. The summed E-state index contributed by atoms with van der Waals surface area (Å²) in [5.74, 6) is 1.18. The van der Waals surface area contributed by atoms with Crippen LogP contribution in [0.15, 0.2) is 18.2 Å². The molecule has 1 fully saturated rings. The summed E-state index contributed by atoms with van der Waals surface area (Å²) >= 11 is 0. The van der Waals surface area contributed by atoms with Gasteiger partial charge in [0.2, 0.25) is 0 Å². The van der Waals surface area contributed by atoms with E-state index in [1.807, 2.05) is 12.1 Å². The highest BCUT2D eigenvalue weighted by Crippen LogP contribution is 2.26. The van der Waals surface area contributed by atoms with E-state index >= 15 is 0 Å². The monoisotopic (exact) mass is 203 g/mol. The standard InChI is InChI=1S/C11H13N3O/c15-9-5-1-3-7-10(9)14-11(13-7)8-4-2-6-12-8/h1,3,5,8,12,15H,2,4,6H2,(H,13,14). The zero-order chi connectivity index (χ0) is 10.3. The number of phenolic OH excluding ortho intramolecular Hbond substituents is 1. The van der Waals surface area contributed by atoms with Crippen molar-refractivity contribution < 1.29 is 5.11 Å². The van der Waals surface area contributed by atoms with Crippen molar-refractivity contribution in [2.75, 3.05) is 6.54 Å². The Morgan fingerprint density at radius 2 is 2.33 bits per heavy atom. The molecule has 3 rings (SSSR count). The number of para-hydroxylation sites is 1. The summed E-state index contributed by atoms with van der Waals surface area (Å²) in [5, 5.41) is 13.0. The van der Waals surface area contributed by atoms with Crippen LogP contribution in [0.25, 0.3) is 11.0 Å². The number of imidazole rings is 1. The topological polar surface area (TPSA) is 60.9 Å². The summed E-state index contributed by atoms with van der Waals surface area (Å²) in [6, 6.07) is 5.73. The number of fused-ring (bicyclic) bond motifs is 1. The van der Waals surface area contributed by atoms with Crippen molar-refractivity contribution in [3.05, 3.63) is 24.0 Å². The number of aromatic nitrogens is 2. The van der Waals surface area contributed by atoms with Crippen molar-refractivity contribution in [2.45, 2.75) is 18.9 Å². The minimum atomic E-state index is 0.244. The summed E-state index contributed by atoms with van der Waals surface area (Å²) in [6.07, 6.45) is 2.30. The molecular formula is C11H13N3O. The van der Waals surface area contributed by atoms with Crippen molar-refractivity contribution in [1.29, 1.82) is 0 Å². The van der Waals surface area contributed by atoms with Crippen molar-refractivity contribution in [1.82, 2.24) is 15.3 Å². The van der Waals surface area contributed by atoms with Crippen LogP contribution in [0, 0.1) is 0 Å². The van der Waals surface area contributed by atoms with Gasteiger partial charge in [0.1, 0.15) is 17.1 Å². The van der Waals surface area contributed by atoms with E-state index in [1.165, 1.54) is 6.42 Å². The van der Waals surface area contributed by atoms with Gasteiger partial charge < -0.3 is 15.4 Å². The van der Waals surface area contributed by atoms with Crippen molar-refractivity contribution in [2.24, 2.45) is 0 Å². The highest BCUT2D eigenvalue weighted by molar-refractivity contribution is 5.81. The first-order valence-corrected chi connectivity index (χ1v) is 5.25. The van der Waals surface area contributed by atoms with E-state index in [1.54, 1.807) is 6.07 Å². The Bertz CT molecular complexity index is 486. The van der Waals surface area contributed by atoms with E-state index in [0.717, 1.165) is 24.3 Å². The van der Waals surface area contributed by atoms with Crippen LogP contribution in [0.5, 0.6) is 5.75 Å². The Kier molecular flexibility index (Phi) is 1.89. The molecule has 1 atom stereocenters. The number of benzene rings is 1. The summed E-state index contributed by atoms with van der Waals surface area (Å²) in [6.45, 7) is 1.05. The molecule has 0 amide bonds. The van der Waals surface area contributed by atoms with Gasteiger partial charge in [0.15, 0.2) is 0 Å². The fraction of sp³-hybridized carbons (Fsp3) is 0.364. The molecular weight excluding hydrogens is 190 g/mol. The van der Waals surface area contributed by atoms with Gasteiger partial charge in [0, 0.05) is 0 Å². The maximum Gasteiger partial charge on any atom is 0.143 e. The molecule has 2 aromatic rings. The first-order valence-electron chi connectivity index (χ1n) is 5.25. The quantitative estimate of drug-likeness (QED) is 0.661. The molecule has 3 N–H and O–H groups in total. The molecule has 1 aromatic heterocycles. The van der Waals surface area contributed by atoms with Crippen LogP contribution in [0.3, 0.4) is 0 Å². The number of nitrogens with one attached hydrogen (secondary N) is 2. The largest absolute Gasteiger partial charge is 0.506 e. The van der Waals surface area contributed by atoms with Gasteiger partial charge in [0.05, 0.1) is 11.6 Å². The third-order valence-corrected chi connectivity index (χ3v) is 2.90. The lowest BCUT2D eigenvalue weighted by Crippen LogP contribution is -2.13. The van der Waals surface area contributed by atoms with E-state index < -0.39 is 0 Å². The first kappa shape index (κ1) is 8.73. The average Bonchev–Trinajstić information content (AvgIpc) is 2.86. The molecule has 1 aliphatic heterocycles. The maximum atomic E-state index is 9.62. The molecule has 4 heteroatoms. The molecule has 1 aromatic carbocycles. The van der Waals surface area contributed by atoms with Crippen molar-refractivity contribution in [3.8, 4) is 5.75 Å². The SMILES string of the molecule is Oc1cccc2[nH]c(C3CCCN3)nc12. The normalized spacial score (nSPS) is 21.2. The molecule has 4 nitrogen and oxygen atoms in total. The Morgan fingerprint density at radius 1 is 1.40 bits per heavy atom. The van der Waals surface area contributed by atoms with Gasteiger partial charge in [-0.3, -0.25) is 0 Å². The lowest BCUT2D eigenvalue weighted by Gasteiger charge is -2.04. The molecule has 1 saturated heterocycles. The minimum absolute atomic E-state index is 0.244. The highest BCUT2D eigenvalue weighted by Gasteiger charge is 2.19. The molecule has 0 saturated carbocycles. The molecule has 0 radical (unpaired) electrons. The Labute approximate surface area is 87.3 Å². The molecule has 0 bridgehead atoms. The van der Waals surface area contributed by atoms with Crippen LogP contribution >= 0.6 is 0 Å². The molecule has 15 heavy (non-hydrogen) atoms. The molecule has 0 aliphatic carbocycles. The molecule has 1 unspecified atom stereocenters. The molecule has 78 valence electrons. The van der Waals surface area contributed by atoms with Crippen LogP contribution in [0.1, 0.15) is 24.7 Å². The molecule has 0 spiro atoms. The second-order valence-corrected chi connectivity index (χ2v) is 3.94. The van der Waals surface area contributed by atoms with Crippen LogP contribution in [-0.4, -0.2) is 21.6 Å². The van der Waals surface area contributed by atoms with E-state index in [-0.39, 0.29) is 5.75 Å². The fourth-order valence-corrected chi connectivity index (χ4v) is 2.12. The van der Waals surface area contributed by atoms with Gasteiger partial charge in [-0.2, -0.15) is 0 Å².